The van der Waals surface area contributed by atoms with E-state index in [1.165, 1.54) is 28.8 Å². The number of nitrogens with zero attached hydrogens (tertiary/aromatic N) is 1. The van der Waals surface area contributed by atoms with Gasteiger partial charge in [-0.15, -0.1) is 0 Å². The van der Waals surface area contributed by atoms with Crippen LogP contribution in [0.2, 0.25) is 0 Å². The lowest BCUT2D eigenvalue weighted by Gasteiger charge is -2.18. The highest BCUT2D eigenvalue weighted by Crippen LogP contribution is 2.16. The van der Waals surface area contributed by atoms with Crippen molar-refractivity contribution in [2.45, 2.75) is 25.3 Å². The molecule has 0 bridgehead atoms. The van der Waals surface area contributed by atoms with Crippen LogP contribution < -0.4 is 5.32 Å². The number of carbonyl (C=O) groups excluding carboxylic acids is 1. The first-order valence-electron chi connectivity index (χ1n) is 8.00. The van der Waals surface area contributed by atoms with Gasteiger partial charge in [-0.25, -0.2) is 8.42 Å². The summed E-state index contributed by atoms with van der Waals surface area (Å²) in [6, 6.07) is 12.5. The minimum Gasteiger partial charge on any atom is -0.325 e. The molecule has 0 atom stereocenters. The molecule has 25 heavy (non-hydrogen) atoms. The molecular weight excluding hydrogens is 336 g/mol. The Bertz CT molecular complexity index is 876. The molecule has 0 aliphatic carbocycles. The third kappa shape index (κ3) is 5.69. The van der Waals surface area contributed by atoms with E-state index in [4.69, 9.17) is 0 Å². The number of hydrogen-bond acceptors (Lipinski definition) is 4. The zero-order valence-electron chi connectivity index (χ0n) is 15.0. The Morgan fingerprint density at radius 1 is 1.12 bits per heavy atom. The molecule has 0 aliphatic heterocycles. The predicted molar refractivity (Wildman–Crippen MR) is 100 cm³/mol. The van der Waals surface area contributed by atoms with Crippen molar-refractivity contribution >= 4 is 21.4 Å². The van der Waals surface area contributed by atoms with Gasteiger partial charge in [-0.05, 0) is 50.2 Å². The van der Waals surface area contributed by atoms with Gasteiger partial charge in [0.25, 0.3) is 0 Å². The molecule has 5 nitrogen and oxygen atoms in total. The van der Waals surface area contributed by atoms with E-state index in [1.807, 2.05) is 11.9 Å². The number of nitrogens with one attached hydrogen (secondary N) is 1. The lowest BCUT2D eigenvalue weighted by Crippen LogP contribution is -2.30. The van der Waals surface area contributed by atoms with Crippen LogP contribution in [-0.4, -0.2) is 39.1 Å². The Morgan fingerprint density at radius 2 is 1.84 bits per heavy atom. The van der Waals surface area contributed by atoms with Crippen molar-refractivity contribution in [3.63, 3.8) is 0 Å². The average molecular weight is 360 g/mol. The first-order chi connectivity index (χ1) is 11.6. The van der Waals surface area contributed by atoms with E-state index in [1.54, 1.807) is 12.1 Å². The van der Waals surface area contributed by atoms with Crippen LogP contribution in [0.1, 0.15) is 16.7 Å². The quantitative estimate of drug-likeness (QED) is 0.860. The summed E-state index contributed by atoms with van der Waals surface area (Å²) < 4.78 is 23.2. The van der Waals surface area contributed by atoms with Crippen LogP contribution >= 0.6 is 0 Å². The average Bonchev–Trinajstić information content (AvgIpc) is 2.49. The first-order valence-corrected chi connectivity index (χ1v) is 9.89. The maximum absolute atomic E-state index is 12.2. The van der Waals surface area contributed by atoms with Gasteiger partial charge >= 0.3 is 0 Å². The zero-order chi connectivity index (χ0) is 18.6. The minimum atomic E-state index is -3.29. The molecule has 134 valence electrons. The van der Waals surface area contributed by atoms with E-state index in [9.17, 15) is 13.2 Å². The van der Waals surface area contributed by atoms with Crippen molar-refractivity contribution in [2.75, 3.05) is 25.2 Å². The fourth-order valence-corrected chi connectivity index (χ4v) is 3.29. The number of anilines is 1. The van der Waals surface area contributed by atoms with Gasteiger partial charge in [0.1, 0.15) is 0 Å². The molecule has 0 radical (unpaired) electrons. The molecule has 1 amide bonds. The predicted octanol–water partition coefficient (Wildman–Crippen LogP) is 2.78. The molecule has 0 fully saturated rings. The third-order valence-corrected chi connectivity index (χ3v) is 5.01. The number of aryl methyl sites for hydroxylation is 2. The normalized spacial score (nSPS) is 11.6. The summed E-state index contributed by atoms with van der Waals surface area (Å²) in [6.45, 7) is 5.00. The van der Waals surface area contributed by atoms with E-state index >= 15 is 0 Å². The fraction of sp³-hybridized carbons (Fsp3) is 0.316. The van der Waals surface area contributed by atoms with Crippen molar-refractivity contribution in [1.82, 2.24) is 4.90 Å². The molecule has 0 spiro atoms. The Labute approximate surface area is 149 Å². The molecule has 2 rings (SSSR count). The molecule has 2 aromatic rings. The maximum atomic E-state index is 12.2. The van der Waals surface area contributed by atoms with Crippen LogP contribution in [0.4, 0.5) is 5.69 Å². The van der Waals surface area contributed by atoms with Crippen LogP contribution in [0.5, 0.6) is 0 Å². The largest absolute Gasteiger partial charge is 0.325 e. The zero-order valence-corrected chi connectivity index (χ0v) is 15.9. The monoisotopic (exact) mass is 360 g/mol. The van der Waals surface area contributed by atoms with Gasteiger partial charge < -0.3 is 5.32 Å². The van der Waals surface area contributed by atoms with Gasteiger partial charge in [0.15, 0.2) is 9.84 Å². The second kappa shape index (κ2) is 7.80. The molecular formula is C19H24N2O3S. The van der Waals surface area contributed by atoms with Crippen molar-refractivity contribution in [3.8, 4) is 0 Å². The van der Waals surface area contributed by atoms with E-state index in [0.717, 1.165) is 6.26 Å². The summed E-state index contributed by atoms with van der Waals surface area (Å²) in [5.41, 5.74) is 4.08. The van der Waals surface area contributed by atoms with Gasteiger partial charge in [0.05, 0.1) is 11.4 Å². The van der Waals surface area contributed by atoms with Crippen molar-refractivity contribution in [3.05, 3.63) is 59.2 Å². The second-order valence-electron chi connectivity index (χ2n) is 6.45. The smallest absolute Gasteiger partial charge is 0.238 e. The number of amides is 1. The lowest BCUT2D eigenvalue weighted by molar-refractivity contribution is -0.117. The van der Waals surface area contributed by atoms with Crippen LogP contribution in [0.3, 0.4) is 0 Å². The summed E-state index contributed by atoms with van der Waals surface area (Å²) in [4.78, 5) is 14.3. The SMILES string of the molecule is Cc1ccc(CN(C)CC(=O)Nc2cccc(S(C)(=O)=O)c2)c(C)c1. The highest BCUT2D eigenvalue weighted by atomic mass is 32.2. The summed E-state index contributed by atoms with van der Waals surface area (Å²) in [6.07, 6.45) is 1.14. The Hall–Kier alpha value is -2.18. The number of hydrogen-bond donors (Lipinski definition) is 1. The maximum Gasteiger partial charge on any atom is 0.238 e. The summed E-state index contributed by atoms with van der Waals surface area (Å²) in [5, 5.41) is 2.75. The topological polar surface area (TPSA) is 66.5 Å². The molecule has 1 N–H and O–H groups in total. The van der Waals surface area contributed by atoms with E-state index < -0.39 is 9.84 Å². The molecule has 0 unspecified atom stereocenters. The van der Waals surface area contributed by atoms with Gasteiger partial charge in [0, 0.05) is 18.5 Å². The minimum absolute atomic E-state index is 0.182. The summed E-state index contributed by atoms with van der Waals surface area (Å²) >= 11 is 0. The standard InChI is InChI=1S/C19H24N2O3S/c1-14-8-9-16(15(2)10-14)12-21(3)13-19(22)20-17-6-5-7-18(11-17)25(4,23)24/h5-11H,12-13H2,1-4H3,(H,20,22). The van der Waals surface area contributed by atoms with Gasteiger partial charge in [0.2, 0.25) is 5.91 Å². The number of sulfone groups is 1. The fourth-order valence-electron chi connectivity index (χ4n) is 2.62. The van der Waals surface area contributed by atoms with Crippen molar-refractivity contribution in [1.29, 1.82) is 0 Å². The van der Waals surface area contributed by atoms with E-state index in [2.05, 4.69) is 37.4 Å². The lowest BCUT2D eigenvalue weighted by atomic mass is 10.1. The van der Waals surface area contributed by atoms with Crippen LogP contribution in [0, 0.1) is 13.8 Å². The van der Waals surface area contributed by atoms with E-state index in [-0.39, 0.29) is 17.3 Å². The number of carbonyl (C=O) groups is 1. The van der Waals surface area contributed by atoms with Crippen LogP contribution in [0.15, 0.2) is 47.4 Å². The van der Waals surface area contributed by atoms with Crippen LogP contribution in [-0.2, 0) is 21.2 Å². The number of rotatable bonds is 6. The Balaban J connectivity index is 1.98. The van der Waals surface area contributed by atoms with Crippen LogP contribution in [0.25, 0.3) is 0 Å². The Morgan fingerprint density at radius 3 is 2.48 bits per heavy atom. The number of likely N-dealkylation sites (N-methyl/N-ethyl adjacent to an activating group) is 1. The van der Waals surface area contributed by atoms with Gasteiger partial charge in [-0.1, -0.05) is 29.8 Å². The molecule has 0 saturated carbocycles. The molecule has 0 aliphatic rings. The van der Waals surface area contributed by atoms with Crippen molar-refractivity contribution in [2.24, 2.45) is 0 Å². The first kappa shape index (κ1) is 19.1. The molecule has 2 aromatic carbocycles. The van der Waals surface area contributed by atoms with Crippen molar-refractivity contribution < 1.29 is 13.2 Å². The van der Waals surface area contributed by atoms with Gasteiger partial charge in [-0.2, -0.15) is 0 Å². The third-order valence-electron chi connectivity index (χ3n) is 3.90. The molecule has 0 heterocycles. The summed E-state index contributed by atoms with van der Waals surface area (Å²) in [7, 11) is -1.41. The highest BCUT2D eigenvalue weighted by Gasteiger charge is 2.11. The molecule has 0 saturated heterocycles. The Kier molecular flexibility index (Phi) is 5.98. The highest BCUT2D eigenvalue weighted by molar-refractivity contribution is 7.90. The molecule has 0 aromatic heterocycles. The molecule has 6 heteroatoms. The number of benzene rings is 2. The van der Waals surface area contributed by atoms with Gasteiger partial charge in [-0.3, -0.25) is 9.69 Å². The summed E-state index contributed by atoms with van der Waals surface area (Å²) in [5.74, 6) is -0.182. The van der Waals surface area contributed by atoms with E-state index in [0.29, 0.717) is 12.2 Å². The second-order valence-corrected chi connectivity index (χ2v) is 8.47.